The summed E-state index contributed by atoms with van der Waals surface area (Å²) in [4.78, 5) is 37.2. The second-order valence-corrected chi connectivity index (χ2v) is 6.70. The second-order valence-electron chi connectivity index (χ2n) is 6.70. The van der Waals surface area contributed by atoms with Crippen LogP contribution in [0.2, 0.25) is 0 Å². The summed E-state index contributed by atoms with van der Waals surface area (Å²) < 4.78 is 4.85. The number of aryl methyl sites for hydroxylation is 1. The fourth-order valence-corrected chi connectivity index (χ4v) is 3.53. The van der Waals surface area contributed by atoms with Crippen LogP contribution in [-0.4, -0.2) is 59.7 Å². The van der Waals surface area contributed by atoms with Gasteiger partial charge in [0.2, 0.25) is 0 Å². The summed E-state index contributed by atoms with van der Waals surface area (Å²) in [6.07, 6.45) is 4.29. The van der Waals surface area contributed by atoms with Gasteiger partial charge in [0.25, 0.3) is 0 Å². The summed E-state index contributed by atoms with van der Waals surface area (Å²) in [6.45, 7) is 6.90. The number of carbonyl (C=O) groups is 2. The molecule has 26 heavy (non-hydrogen) atoms. The maximum atomic E-state index is 12.4. The average molecular weight is 361 g/mol. The Hall–Kier alpha value is -2.38. The summed E-state index contributed by atoms with van der Waals surface area (Å²) in [5.41, 5.74) is 2.07. The number of piperidine rings is 1. The van der Waals surface area contributed by atoms with Crippen LogP contribution in [0.5, 0.6) is 0 Å². The van der Waals surface area contributed by atoms with Crippen molar-refractivity contribution in [1.82, 2.24) is 20.2 Å². The lowest BCUT2D eigenvalue weighted by molar-refractivity contribution is -0.141. The van der Waals surface area contributed by atoms with Gasteiger partial charge in [0, 0.05) is 31.6 Å². The molecule has 0 atom stereocenters. The van der Waals surface area contributed by atoms with Crippen LogP contribution in [0, 0.1) is 6.92 Å². The van der Waals surface area contributed by atoms with Crippen molar-refractivity contribution < 1.29 is 14.3 Å². The third kappa shape index (κ3) is 4.23. The van der Waals surface area contributed by atoms with Crippen molar-refractivity contribution in [3.63, 3.8) is 0 Å². The number of ether oxygens (including phenoxy) is 1. The zero-order valence-electron chi connectivity index (χ0n) is 15.6. The molecule has 0 aliphatic carbocycles. The third-order valence-corrected chi connectivity index (χ3v) is 4.78. The molecule has 3 rings (SSSR count). The number of urea groups is 1. The van der Waals surface area contributed by atoms with Crippen molar-refractivity contribution in [2.24, 2.45) is 0 Å². The minimum absolute atomic E-state index is 0.112. The van der Waals surface area contributed by atoms with Gasteiger partial charge in [0.15, 0.2) is 0 Å². The molecule has 0 bridgehead atoms. The Morgan fingerprint density at radius 1 is 1.15 bits per heavy atom. The van der Waals surface area contributed by atoms with E-state index >= 15 is 0 Å². The summed E-state index contributed by atoms with van der Waals surface area (Å²) >= 11 is 0. The van der Waals surface area contributed by atoms with Crippen molar-refractivity contribution in [2.45, 2.75) is 46.1 Å². The Balaban J connectivity index is 1.72. The number of nitrogens with zero attached hydrogens (tertiary/aromatic N) is 4. The molecule has 8 heteroatoms. The van der Waals surface area contributed by atoms with Crippen LogP contribution in [0.25, 0.3) is 0 Å². The molecule has 8 nitrogen and oxygen atoms in total. The first-order valence-corrected chi connectivity index (χ1v) is 9.38. The molecule has 1 aromatic rings. The molecule has 0 saturated carbocycles. The van der Waals surface area contributed by atoms with Crippen LogP contribution < -0.4 is 10.2 Å². The highest BCUT2D eigenvalue weighted by atomic mass is 16.5. The molecule has 1 N–H and O–H groups in total. The van der Waals surface area contributed by atoms with Gasteiger partial charge in [-0.1, -0.05) is 0 Å². The first-order chi connectivity index (χ1) is 12.6. The van der Waals surface area contributed by atoms with Crippen molar-refractivity contribution in [3.8, 4) is 0 Å². The zero-order valence-corrected chi connectivity index (χ0v) is 15.6. The minimum atomic E-state index is -0.425. The van der Waals surface area contributed by atoms with E-state index in [4.69, 9.17) is 4.74 Å². The normalized spacial score (nSPS) is 16.8. The maximum absolute atomic E-state index is 12.4. The number of esters is 1. The fourth-order valence-electron chi connectivity index (χ4n) is 3.53. The number of carbonyl (C=O) groups excluding carboxylic acids is 2. The minimum Gasteiger partial charge on any atom is -0.465 e. The van der Waals surface area contributed by atoms with Crippen LogP contribution in [0.3, 0.4) is 0 Å². The van der Waals surface area contributed by atoms with Crippen LogP contribution in [-0.2, 0) is 22.5 Å². The van der Waals surface area contributed by atoms with Crippen LogP contribution >= 0.6 is 0 Å². The Labute approximate surface area is 153 Å². The van der Waals surface area contributed by atoms with Gasteiger partial charge in [-0.3, -0.25) is 4.79 Å². The van der Waals surface area contributed by atoms with Crippen molar-refractivity contribution in [2.75, 3.05) is 37.7 Å². The average Bonchev–Trinajstić information content (AvgIpc) is 2.66. The second kappa shape index (κ2) is 8.33. The van der Waals surface area contributed by atoms with Gasteiger partial charge < -0.3 is 19.9 Å². The Morgan fingerprint density at radius 2 is 1.92 bits per heavy atom. The topological polar surface area (TPSA) is 87.7 Å². The third-order valence-electron chi connectivity index (χ3n) is 4.78. The van der Waals surface area contributed by atoms with Crippen molar-refractivity contribution in [1.29, 1.82) is 0 Å². The number of aromatic nitrogens is 2. The van der Waals surface area contributed by atoms with E-state index in [9.17, 15) is 9.59 Å². The zero-order chi connectivity index (χ0) is 18.5. The van der Waals surface area contributed by atoms with E-state index in [2.05, 4.69) is 20.2 Å². The highest BCUT2D eigenvalue weighted by molar-refractivity contribution is 5.81. The highest BCUT2D eigenvalue weighted by Crippen LogP contribution is 2.28. The van der Waals surface area contributed by atoms with Gasteiger partial charge in [-0.15, -0.1) is 0 Å². The largest absolute Gasteiger partial charge is 0.465 e. The van der Waals surface area contributed by atoms with Crippen molar-refractivity contribution >= 4 is 17.8 Å². The molecule has 2 aliphatic heterocycles. The summed E-state index contributed by atoms with van der Waals surface area (Å²) in [5.74, 6) is 1.32. The summed E-state index contributed by atoms with van der Waals surface area (Å²) in [7, 11) is 0. The lowest BCUT2D eigenvalue weighted by Crippen LogP contribution is -2.45. The molecule has 2 aliphatic rings. The van der Waals surface area contributed by atoms with Gasteiger partial charge in [0.05, 0.1) is 18.8 Å². The van der Waals surface area contributed by atoms with Crippen LogP contribution in [0.4, 0.5) is 10.6 Å². The summed E-state index contributed by atoms with van der Waals surface area (Å²) in [5, 5.41) is 2.64. The number of amides is 2. The molecule has 3 heterocycles. The van der Waals surface area contributed by atoms with E-state index in [0.29, 0.717) is 26.1 Å². The molecule has 1 aromatic heterocycles. The van der Waals surface area contributed by atoms with E-state index in [1.807, 2.05) is 6.92 Å². The highest BCUT2D eigenvalue weighted by Gasteiger charge is 2.27. The van der Waals surface area contributed by atoms with Crippen LogP contribution in [0.1, 0.15) is 43.3 Å². The predicted octanol–water partition coefficient (Wildman–Crippen LogP) is 1.41. The molecule has 1 saturated heterocycles. The molecule has 142 valence electrons. The lowest BCUT2D eigenvalue weighted by atomic mass is 10.0. The Morgan fingerprint density at radius 3 is 2.65 bits per heavy atom. The summed E-state index contributed by atoms with van der Waals surface area (Å²) in [6, 6.07) is -0.256. The quantitative estimate of drug-likeness (QED) is 0.816. The van der Waals surface area contributed by atoms with Crippen LogP contribution in [0.15, 0.2) is 0 Å². The standard InChI is InChI=1S/C18H27N5O3/c1-3-26-16(24)11-19-18(25)23-10-7-15-14(12-23)17(21-13(2)20-15)22-8-5-4-6-9-22/h3-12H2,1-2H3,(H,19,25). The smallest absolute Gasteiger partial charge is 0.325 e. The Kier molecular flexibility index (Phi) is 5.90. The molecule has 0 spiro atoms. The van der Waals surface area contributed by atoms with E-state index in [1.54, 1.807) is 11.8 Å². The van der Waals surface area contributed by atoms with Gasteiger partial charge in [0.1, 0.15) is 18.2 Å². The first-order valence-electron chi connectivity index (χ1n) is 9.38. The van der Waals surface area contributed by atoms with Gasteiger partial charge >= 0.3 is 12.0 Å². The van der Waals surface area contributed by atoms with E-state index in [1.165, 1.54) is 19.3 Å². The molecule has 0 unspecified atom stereocenters. The van der Waals surface area contributed by atoms with Gasteiger partial charge in [-0.2, -0.15) is 0 Å². The Bertz CT molecular complexity index is 673. The SMILES string of the molecule is CCOC(=O)CNC(=O)N1CCc2nc(C)nc(N3CCCCC3)c2C1. The van der Waals surface area contributed by atoms with E-state index < -0.39 is 5.97 Å². The molecular formula is C18H27N5O3. The molecular weight excluding hydrogens is 334 g/mol. The molecule has 0 radical (unpaired) electrons. The van der Waals surface area contributed by atoms with E-state index in [-0.39, 0.29) is 12.6 Å². The number of anilines is 1. The van der Waals surface area contributed by atoms with Gasteiger partial charge in [-0.25, -0.2) is 14.8 Å². The first kappa shape index (κ1) is 18.4. The predicted molar refractivity (Wildman–Crippen MR) is 97.0 cm³/mol. The number of hydrogen-bond donors (Lipinski definition) is 1. The monoisotopic (exact) mass is 361 g/mol. The molecule has 0 aromatic carbocycles. The fraction of sp³-hybridized carbons (Fsp3) is 0.667. The lowest BCUT2D eigenvalue weighted by Gasteiger charge is -2.34. The van der Waals surface area contributed by atoms with Gasteiger partial charge in [-0.05, 0) is 33.1 Å². The number of nitrogens with one attached hydrogen (secondary N) is 1. The van der Waals surface area contributed by atoms with Crippen molar-refractivity contribution in [3.05, 3.63) is 17.1 Å². The maximum Gasteiger partial charge on any atom is 0.325 e. The number of hydrogen-bond acceptors (Lipinski definition) is 6. The van der Waals surface area contributed by atoms with E-state index in [0.717, 1.165) is 36.0 Å². The molecule has 2 amide bonds. The number of fused-ring (bicyclic) bond motifs is 1. The number of rotatable bonds is 4. The molecule has 1 fully saturated rings.